The second-order valence-corrected chi connectivity index (χ2v) is 7.28. The second-order valence-electron chi connectivity index (χ2n) is 7.28. The molecule has 0 fully saturated rings. The zero-order valence-electron chi connectivity index (χ0n) is 15.6. The summed E-state index contributed by atoms with van der Waals surface area (Å²) >= 11 is 0. The van der Waals surface area contributed by atoms with Gasteiger partial charge in [0.15, 0.2) is 5.78 Å². The molecule has 2 rings (SSSR count). The number of aliphatic hydroxyl groups is 2. The van der Waals surface area contributed by atoms with Crippen molar-refractivity contribution in [1.82, 2.24) is 0 Å². The van der Waals surface area contributed by atoms with Crippen LogP contribution in [0.1, 0.15) is 33.6 Å². The summed E-state index contributed by atoms with van der Waals surface area (Å²) in [4.78, 5) is 23.8. The Morgan fingerprint density at radius 3 is 2.85 bits per heavy atom. The Labute approximate surface area is 154 Å². The van der Waals surface area contributed by atoms with Crippen LogP contribution in [0.15, 0.2) is 48.1 Å². The molecule has 2 aliphatic rings. The lowest BCUT2D eigenvalue weighted by atomic mass is 9.61. The van der Waals surface area contributed by atoms with E-state index in [-0.39, 0.29) is 24.2 Å². The highest BCUT2D eigenvalue weighted by Crippen LogP contribution is 2.48. The van der Waals surface area contributed by atoms with Crippen LogP contribution in [0.4, 0.5) is 0 Å². The van der Waals surface area contributed by atoms with Crippen molar-refractivity contribution in [1.29, 1.82) is 0 Å². The minimum Gasteiger partial charge on any atom is -0.455 e. The molecule has 0 spiro atoms. The van der Waals surface area contributed by atoms with Gasteiger partial charge in [-0.2, -0.15) is 0 Å². The van der Waals surface area contributed by atoms with E-state index in [1.165, 1.54) is 12.2 Å². The summed E-state index contributed by atoms with van der Waals surface area (Å²) in [6, 6.07) is 0. The van der Waals surface area contributed by atoms with Crippen LogP contribution in [0.2, 0.25) is 0 Å². The fraction of sp³-hybridized carbons (Fsp3) is 0.524. The molecule has 0 aromatic heterocycles. The van der Waals surface area contributed by atoms with Gasteiger partial charge in [0.25, 0.3) is 0 Å². The molecule has 0 aromatic carbocycles. The lowest BCUT2D eigenvalue weighted by Gasteiger charge is -2.45. The van der Waals surface area contributed by atoms with Gasteiger partial charge < -0.3 is 14.9 Å². The van der Waals surface area contributed by atoms with Gasteiger partial charge in [-0.3, -0.25) is 4.79 Å². The summed E-state index contributed by atoms with van der Waals surface area (Å²) in [5.41, 5.74) is 0.465. The fourth-order valence-electron chi connectivity index (χ4n) is 3.45. The molecule has 0 aliphatic heterocycles. The molecule has 26 heavy (non-hydrogen) atoms. The molecule has 2 aliphatic carbocycles. The molecule has 2 N–H and O–H groups in total. The summed E-state index contributed by atoms with van der Waals surface area (Å²) < 4.78 is 5.55. The number of ether oxygens (including phenoxy) is 1. The van der Waals surface area contributed by atoms with E-state index < -0.39 is 23.6 Å². The Balaban J connectivity index is 2.02. The average molecular weight is 360 g/mol. The number of hydrogen-bond donors (Lipinski definition) is 2. The van der Waals surface area contributed by atoms with Crippen LogP contribution in [-0.2, 0) is 14.3 Å². The first-order valence-electron chi connectivity index (χ1n) is 9.10. The van der Waals surface area contributed by atoms with Crippen molar-refractivity contribution < 1.29 is 24.5 Å². The molecule has 0 amide bonds. The molecule has 5 nitrogen and oxygen atoms in total. The third-order valence-corrected chi connectivity index (χ3v) is 5.60. The number of fused-ring (bicyclic) bond motifs is 1. The van der Waals surface area contributed by atoms with E-state index in [1.54, 1.807) is 18.2 Å². The molecule has 0 heterocycles. The van der Waals surface area contributed by atoms with Crippen LogP contribution >= 0.6 is 0 Å². The topological polar surface area (TPSA) is 83.8 Å². The number of ketones is 1. The Kier molecular flexibility index (Phi) is 6.73. The number of rotatable bonds is 6. The van der Waals surface area contributed by atoms with Crippen LogP contribution < -0.4 is 0 Å². The van der Waals surface area contributed by atoms with Crippen molar-refractivity contribution in [2.45, 2.75) is 45.8 Å². The molecule has 5 atom stereocenters. The monoisotopic (exact) mass is 360 g/mol. The smallest absolute Gasteiger partial charge is 0.331 e. The normalized spacial score (nSPS) is 32.6. The summed E-state index contributed by atoms with van der Waals surface area (Å²) in [6.45, 7) is 6.02. The number of carbonyl (C=O) groups excluding carboxylic acids is 2. The van der Waals surface area contributed by atoms with Crippen molar-refractivity contribution in [3.8, 4) is 0 Å². The van der Waals surface area contributed by atoms with Crippen molar-refractivity contribution in [2.75, 3.05) is 6.61 Å². The van der Waals surface area contributed by atoms with Crippen molar-refractivity contribution in [3.63, 3.8) is 0 Å². The Bertz CT molecular complexity index is 653. The molecule has 5 heteroatoms. The van der Waals surface area contributed by atoms with Crippen LogP contribution in [-0.4, -0.2) is 40.8 Å². The van der Waals surface area contributed by atoms with E-state index >= 15 is 0 Å². The van der Waals surface area contributed by atoms with Gasteiger partial charge in [0.2, 0.25) is 0 Å². The molecule has 0 bridgehead atoms. The highest BCUT2D eigenvalue weighted by atomic mass is 16.5. The number of aliphatic hydroxyl groups excluding tert-OH is 2. The van der Waals surface area contributed by atoms with Gasteiger partial charge in [-0.15, -0.1) is 0 Å². The lowest BCUT2D eigenvalue weighted by Crippen LogP contribution is -2.45. The minimum atomic E-state index is -1.00. The van der Waals surface area contributed by atoms with Crippen molar-refractivity contribution in [3.05, 3.63) is 48.1 Å². The Morgan fingerprint density at radius 1 is 1.46 bits per heavy atom. The standard InChI is InChI=1S/C21H28O5/c1-4-15(13-22)7-5-6-8-20(25)26-19-10-9-16-11-17(23)18(24)12-21(16,3)14(19)2/h5-11,14-15,18-19,22,24H,4,12-13H2,1-3H3/b7-5+,8-6+/t14-,15?,18-,19-,21+/m0/s1. The number of carbonyl (C=O) groups is 2. The largest absolute Gasteiger partial charge is 0.455 e. The summed E-state index contributed by atoms with van der Waals surface area (Å²) in [5.74, 6) is -0.694. The zero-order chi connectivity index (χ0) is 19.3. The van der Waals surface area contributed by atoms with E-state index in [1.807, 2.05) is 32.9 Å². The third-order valence-electron chi connectivity index (χ3n) is 5.60. The van der Waals surface area contributed by atoms with Crippen LogP contribution in [0.25, 0.3) is 0 Å². The predicted octanol–water partition coefficient (Wildman–Crippen LogP) is 2.50. The fourth-order valence-corrected chi connectivity index (χ4v) is 3.45. The van der Waals surface area contributed by atoms with Gasteiger partial charge in [-0.25, -0.2) is 4.79 Å². The quantitative estimate of drug-likeness (QED) is 0.432. The first-order valence-corrected chi connectivity index (χ1v) is 9.10. The number of hydrogen-bond acceptors (Lipinski definition) is 5. The molecule has 1 unspecified atom stereocenters. The molecular weight excluding hydrogens is 332 g/mol. The SMILES string of the molecule is CCC(/C=C/C=C/C(=O)O[C@H]1C=CC2=CC(=O)[C@@H](O)C[C@]2(C)[C@H]1C)CO. The van der Waals surface area contributed by atoms with Gasteiger partial charge in [0.05, 0.1) is 0 Å². The second kappa shape index (κ2) is 8.60. The minimum absolute atomic E-state index is 0.0618. The zero-order valence-corrected chi connectivity index (χ0v) is 15.6. The van der Waals surface area contributed by atoms with E-state index in [0.717, 1.165) is 12.0 Å². The van der Waals surface area contributed by atoms with Gasteiger partial charge in [-0.1, -0.05) is 45.1 Å². The lowest BCUT2D eigenvalue weighted by molar-refractivity contribution is -0.145. The van der Waals surface area contributed by atoms with Gasteiger partial charge in [0, 0.05) is 24.0 Å². The van der Waals surface area contributed by atoms with E-state index in [0.29, 0.717) is 6.42 Å². The van der Waals surface area contributed by atoms with Crippen LogP contribution in [0.5, 0.6) is 0 Å². The van der Waals surface area contributed by atoms with E-state index in [2.05, 4.69) is 0 Å². The van der Waals surface area contributed by atoms with Crippen molar-refractivity contribution >= 4 is 11.8 Å². The molecule has 0 radical (unpaired) electrons. The Hall–Kier alpha value is -1.98. The van der Waals surface area contributed by atoms with Crippen LogP contribution in [0.3, 0.4) is 0 Å². The molecule has 0 saturated carbocycles. The number of allylic oxidation sites excluding steroid dienone is 4. The van der Waals surface area contributed by atoms with Crippen LogP contribution in [0, 0.1) is 17.3 Å². The predicted molar refractivity (Wildman–Crippen MR) is 99.2 cm³/mol. The maximum absolute atomic E-state index is 12.1. The molecular formula is C21H28O5. The molecule has 142 valence electrons. The highest BCUT2D eigenvalue weighted by Gasteiger charge is 2.46. The summed E-state index contributed by atoms with van der Waals surface area (Å²) in [7, 11) is 0. The van der Waals surface area contributed by atoms with Gasteiger partial charge >= 0.3 is 5.97 Å². The first-order chi connectivity index (χ1) is 12.3. The van der Waals surface area contributed by atoms with E-state index in [9.17, 15) is 14.7 Å². The summed E-state index contributed by atoms with van der Waals surface area (Å²) in [6.07, 6.45) is 11.4. The van der Waals surface area contributed by atoms with Gasteiger partial charge in [-0.05, 0) is 36.5 Å². The molecule has 0 aromatic rings. The first kappa shape index (κ1) is 20.3. The Morgan fingerprint density at radius 2 is 2.19 bits per heavy atom. The van der Waals surface area contributed by atoms with E-state index in [4.69, 9.17) is 9.84 Å². The van der Waals surface area contributed by atoms with Crippen molar-refractivity contribution in [2.24, 2.45) is 17.3 Å². The van der Waals surface area contributed by atoms with Gasteiger partial charge in [0.1, 0.15) is 12.2 Å². The maximum atomic E-state index is 12.1. The maximum Gasteiger partial charge on any atom is 0.331 e. The molecule has 0 saturated heterocycles. The summed E-state index contributed by atoms with van der Waals surface area (Å²) in [5, 5.41) is 19.0. The average Bonchev–Trinajstić information content (AvgIpc) is 2.61. The highest BCUT2D eigenvalue weighted by molar-refractivity contribution is 5.96. The number of esters is 1. The third kappa shape index (κ3) is 4.40.